The lowest BCUT2D eigenvalue weighted by Gasteiger charge is -2.01. The largest absolute Gasteiger partial charge is 0.389 e. The van der Waals surface area contributed by atoms with Crippen LogP contribution in [-0.4, -0.2) is 16.3 Å². The van der Waals surface area contributed by atoms with E-state index >= 15 is 0 Å². The van der Waals surface area contributed by atoms with Crippen LogP contribution in [0.4, 0.5) is 13.2 Å². The second-order valence-corrected chi connectivity index (χ2v) is 4.03. The van der Waals surface area contributed by atoms with Gasteiger partial charge in [-0.3, -0.25) is 0 Å². The summed E-state index contributed by atoms with van der Waals surface area (Å²) in [7, 11) is 0. The summed E-state index contributed by atoms with van der Waals surface area (Å²) in [6.45, 7) is 0.420. The number of nitrogens with two attached hydrogens (primary N) is 1. The molecule has 0 atom stereocenters. The monoisotopic (exact) mass is 307 g/mol. The molecule has 110 valence electrons. The van der Waals surface area contributed by atoms with Crippen molar-refractivity contribution in [3.05, 3.63) is 35.7 Å². The van der Waals surface area contributed by atoms with E-state index in [0.29, 0.717) is 12.1 Å². The van der Waals surface area contributed by atoms with Crippen LogP contribution >= 0.6 is 12.4 Å². The Hall–Kier alpha value is -1.60. The van der Waals surface area contributed by atoms with Gasteiger partial charge in [0.25, 0.3) is 0 Å². The summed E-state index contributed by atoms with van der Waals surface area (Å²) in [5.74, 6) is 0.260. The van der Waals surface area contributed by atoms with Gasteiger partial charge in [0.1, 0.15) is 0 Å². The van der Waals surface area contributed by atoms with Crippen molar-refractivity contribution in [3.63, 3.8) is 0 Å². The Bertz CT molecular complexity index is 540. The van der Waals surface area contributed by atoms with Crippen LogP contribution in [0.1, 0.15) is 17.9 Å². The fourth-order valence-corrected chi connectivity index (χ4v) is 1.51. The fraction of sp³-hybridized carbons (Fsp3) is 0.333. The second kappa shape index (κ2) is 6.71. The molecule has 0 aliphatic carbocycles. The lowest BCUT2D eigenvalue weighted by atomic mass is 10.1. The van der Waals surface area contributed by atoms with E-state index in [0.717, 1.165) is 5.56 Å². The van der Waals surface area contributed by atoms with Crippen molar-refractivity contribution in [2.24, 2.45) is 5.73 Å². The van der Waals surface area contributed by atoms with Crippen LogP contribution in [-0.2, 0) is 13.0 Å². The molecule has 0 saturated heterocycles. The molecule has 1 aromatic carbocycles. The molecule has 0 aliphatic rings. The van der Waals surface area contributed by atoms with Gasteiger partial charge in [0.15, 0.2) is 0 Å². The number of aryl methyl sites for hydroxylation is 1. The van der Waals surface area contributed by atoms with Crippen LogP contribution in [0, 0.1) is 0 Å². The van der Waals surface area contributed by atoms with Crippen molar-refractivity contribution in [1.82, 2.24) is 10.1 Å². The van der Waals surface area contributed by atoms with Crippen molar-refractivity contribution in [2.75, 3.05) is 0 Å². The van der Waals surface area contributed by atoms with Gasteiger partial charge in [-0.2, -0.15) is 18.2 Å². The summed E-state index contributed by atoms with van der Waals surface area (Å²) in [6.07, 6.45) is -5.50. The normalized spacial score (nSPS) is 11.2. The van der Waals surface area contributed by atoms with E-state index in [9.17, 15) is 13.2 Å². The van der Waals surface area contributed by atoms with Crippen LogP contribution < -0.4 is 5.73 Å². The first-order valence-corrected chi connectivity index (χ1v) is 5.66. The molecule has 1 aromatic heterocycles. The molecule has 8 heteroatoms. The van der Waals surface area contributed by atoms with E-state index < -0.39 is 12.6 Å². The third kappa shape index (κ3) is 4.50. The third-order valence-corrected chi connectivity index (χ3v) is 2.54. The van der Waals surface area contributed by atoms with E-state index in [-0.39, 0.29) is 30.5 Å². The number of rotatable bonds is 4. The lowest BCUT2D eigenvalue weighted by molar-refractivity contribution is -0.134. The molecule has 0 bridgehead atoms. The Morgan fingerprint density at radius 2 is 1.80 bits per heavy atom. The number of halogens is 4. The molecular formula is C12H13ClF3N3O. The summed E-state index contributed by atoms with van der Waals surface area (Å²) in [6, 6.07) is 7.11. The SMILES string of the molecule is Cl.NCc1ccc(-c2noc(CCC(F)(F)F)n2)cc1. The number of hydrogen-bond acceptors (Lipinski definition) is 4. The van der Waals surface area contributed by atoms with E-state index in [2.05, 4.69) is 10.1 Å². The minimum absolute atomic E-state index is 0. The molecule has 2 aromatic rings. The number of nitrogens with zero attached hydrogens (tertiary/aromatic N) is 2. The topological polar surface area (TPSA) is 64.9 Å². The molecule has 1 heterocycles. The minimum atomic E-state index is -4.22. The number of hydrogen-bond donors (Lipinski definition) is 1. The van der Waals surface area contributed by atoms with Crippen molar-refractivity contribution >= 4 is 12.4 Å². The van der Waals surface area contributed by atoms with Gasteiger partial charge in [0.05, 0.1) is 6.42 Å². The highest BCUT2D eigenvalue weighted by atomic mass is 35.5. The highest BCUT2D eigenvalue weighted by molar-refractivity contribution is 5.85. The molecule has 4 nitrogen and oxygen atoms in total. The van der Waals surface area contributed by atoms with Crippen LogP contribution in [0.3, 0.4) is 0 Å². The maximum absolute atomic E-state index is 12.1. The molecule has 0 fully saturated rings. The standard InChI is InChI=1S/C12H12F3N3O.ClH/c13-12(14,15)6-5-10-17-11(18-19-10)9-3-1-8(7-16)2-4-9;/h1-4H,5-7,16H2;1H. The summed E-state index contributed by atoms with van der Waals surface area (Å²) < 4.78 is 40.9. The lowest BCUT2D eigenvalue weighted by Crippen LogP contribution is -2.08. The molecule has 0 radical (unpaired) electrons. The predicted octanol–water partition coefficient (Wildman–Crippen LogP) is 3.11. The van der Waals surface area contributed by atoms with Gasteiger partial charge < -0.3 is 10.3 Å². The van der Waals surface area contributed by atoms with E-state index in [1.165, 1.54) is 0 Å². The Labute approximate surface area is 119 Å². The van der Waals surface area contributed by atoms with Gasteiger partial charge in [-0.05, 0) is 5.56 Å². The Morgan fingerprint density at radius 1 is 1.15 bits per heavy atom. The molecule has 0 spiro atoms. The molecule has 0 amide bonds. The number of aromatic nitrogens is 2. The Balaban J connectivity index is 0.00000200. The first kappa shape index (κ1) is 16.5. The minimum Gasteiger partial charge on any atom is -0.339 e. The van der Waals surface area contributed by atoms with Gasteiger partial charge in [0, 0.05) is 18.5 Å². The van der Waals surface area contributed by atoms with Gasteiger partial charge in [0.2, 0.25) is 11.7 Å². The molecule has 20 heavy (non-hydrogen) atoms. The molecule has 0 unspecified atom stereocenters. The zero-order valence-corrected chi connectivity index (χ0v) is 11.2. The number of benzene rings is 1. The third-order valence-electron chi connectivity index (χ3n) is 2.54. The quantitative estimate of drug-likeness (QED) is 0.942. The molecule has 0 saturated carbocycles. The summed E-state index contributed by atoms with van der Waals surface area (Å²) in [5, 5.41) is 3.66. The van der Waals surface area contributed by atoms with Crippen LogP contribution in [0.15, 0.2) is 28.8 Å². The van der Waals surface area contributed by atoms with E-state index in [1.54, 1.807) is 24.3 Å². The average Bonchev–Trinajstić information content (AvgIpc) is 2.84. The molecule has 2 N–H and O–H groups in total. The van der Waals surface area contributed by atoms with Crippen molar-refractivity contribution in [3.8, 4) is 11.4 Å². The van der Waals surface area contributed by atoms with Gasteiger partial charge in [-0.25, -0.2) is 0 Å². The van der Waals surface area contributed by atoms with Crippen LogP contribution in [0.5, 0.6) is 0 Å². The smallest absolute Gasteiger partial charge is 0.339 e. The molecular weight excluding hydrogens is 295 g/mol. The van der Waals surface area contributed by atoms with E-state index in [1.807, 2.05) is 0 Å². The average molecular weight is 308 g/mol. The van der Waals surface area contributed by atoms with Crippen LogP contribution in [0.25, 0.3) is 11.4 Å². The summed E-state index contributed by atoms with van der Waals surface area (Å²) in [4.78, 5) is 3.93. The Morgan fingerprint density at radius 3 is 2.35 bits per heavy atom. The predicted molar refractivity (Wildman–Crippen MR) is 69.2 cm³/mol. The van der Waals surface area contributed by atoms with Gasteiger partial charge >= 0.3 is 6.18 Å². The molecule has 2 rings (SSSR count). The van der Waals surface area contributed by atoms with Crippen molar-refractivity contribution in [1.29, 1.82) is 0 Å². The first-order valence-electron chi connectivity index (χ1n) is 5.66. The Kier molecular flexibility index (Phi) is 5.52. The maximum Gasteiger partial charge on any atom is 0.389 e. The second-order valence-electron chi connectivity index (χ2n) is 4.03. The summed E-state index contributed by atoms with van der Waals surface area (Å²) in [5.41, 5.74) is 7.10. The van der Waals surface area contributed by atoms with Gasteiger partial charge in [-0.15, -0.1) is 12.4 Å². The highest BCUT2D eigenvalue weighted by Crippen LogP contribution is 2.23. The zero-order chi connectivity index (χ0) is 13.9. The van der Waals surface area contributed by atoms with Gasteiger partial charge in [-0.1, -0.05) is 29.4 Å². The van der Waals surface area contributed by atoms with Crippen LogP contribution in [0.2, 0.25) is 0 Å². The van der Waals surface area contributed by atoms with E-state index in [4.69, 9.17) is 10.3 Å². The zero-order valence-electron chi connectivity index (χ0n) is 10.4. The maximum atomic E-state index is 12.1. The fourth-order valence-electron chi connectivity index (χ4n) is 1.51. The highest BCUT2D eigenvalue weighted by Gasteiger charge is 2.27. The summed E-state index contributed by atoms with van der Waals surface area (Å²) >= 11 is 0. The first-order chi connectivity index (χ1) is 8.98. The van der Waals surface area contributed by atoms with Crippen molar-refractivity contribution < 1.29 is 17.7 Å². The number of alkyl halides is 3. The molecule has 0 aliphatic heterocycles. The van der Waals surface area contributed by atoms with Crippen molar-refractivity contribution in [2.45, 2.75) is 25.6 Å².